The molecule has 0 heterocycles. The van der Waals surface area contributed by atoms with Gasteiger partial charge >= 0.3 is 12.1 Å². The van der Waals surface area contributed by atoms with Crippen molar-refractivity contribution in [1.82, 2.24) is 20.9 Å². The van der Waals surface area contributed by atoms with Crippen LogP contribution < -0.4 is 21.7 Å². The molecule has 0 aliphatic heterocycles. The van der Waals surface area contributed by atoms with E-state index in [0.717, 1.165) is 24.0 Å². The Balaban J connectivity index is 2.18. The third-order valence-corrected chi connectivity index (χ3v) is 6.40. The lowest BCUT2D eigenvalue weighted by molar-refractivity contribution is -0.128. The number of urea groups is 1. The van der Waals surface area contributed by atoms with Gasteiger partial charge in [-0.05, 0) is 29.9 Å². The number of primary amides is 1. The molecular weight excluding hydrogens is 538 g/mol. The van der Waals surface area contributed by atoms with Crippen LogP contribution in [0.1, 0.15) is 51.2 Å². The number of amides is 5. The van der Waals surface area contributed by atoms with Gasteiger partial charge in [-0.1, -0.05) is 87.9 Å². The molecule has 0 saturated heterocycles. The molecule has 0 spiro atoms. The minimum atomic E-state index is -1.33. The topological polar surface area (TPSA) is 163 Å². The summed E-state index contributed by atoms with van der Waals surface area (Å²) in [6.45, 7) is 6.82. The van der Waals surface area contributed by atoms with E-state index in [0.29, 0.717) is 13.1 Å². The largest absolute Gasteiger partial charge is 0.445 e. The summed E-state index contributed by atoms with van der Waals surface area (Å²) in [6.07, 6.45) is -0.532. The number of aliphatic hydroxyl groups is 1. The number of unbranched alkanes of at least 4 members (excludes halogenated alkanes) is 1. The molecular formula is C31H45N5O6. The van der Waals surface area contributed by atoms with E-state index in [4.69, 9.17) is 10.5 Å². The molecule has 0 radical (unpaired) electrons. The summed E-state index contributed by atoms with van der Waals surface area (Å²) in [7, 11) is 0. The highest BCUT2D eigenvalue weighted by Crippen LogP contribution is 2.11. The van der Waals surface area contributed by atoms with Crippen LogP contribution in [0.15, 0.2) is 60.7 Å². The maximum absolute atomic E-state index is 13.4. The molecule has 2 aromatic carbocycles. The molecule has 0 aromatic heterocycles. The molecule has 11 nitrogen and oxygen atoms in total. The van der Waals surface area contributed by atoms with Gasteiger partial charge in [0.05, 0.1) is 25.1 Å². The number of alkyl carbamates (subject to hydrolysis) is 1. The van der Waals surface area contributed by atoms with Gasteiger partial charge in [-0.3, -0.25) is 9.59 Å². The summed E-state index contributed by atoms with van der Waals surface area (Å²) in [5.74, 6) is -1.37. The Morgan fingerprint density at radius 2 is 1.55 bits per heavy atom. The second-order valence-electron chi connectivity index (χ2n) is 10.7. The van der Waals surface area contributed by atoms with Crippen LogP contribution in [0.2, 0.25) is 0 Å². The lowest BCUT2D eigenvalue weighted by atomic mass is 9.99. The van der Waals surface area contributed by atoms with Gasteiger partial charge in [-0.25, -0.2) is 9.59 Å². The van der Waals surface area contributed by atoms with Crippen molar-refractivity contribution in [2.75, 3.05) is 19.6 Å². The fourth-order valence-electron chi connectivity index (χ4n) is 4.27. The van der Waals surface area contributed by atoms with Crippen LogP contribution in [-0.4, -0.2) is 71.8 Å². The highest BCUT2D eigenvalue weighted by Gasteiger charge is 2.30. The number of aliphatic hydroxyl groups excluding tert-OH is 1. The molecule has 0 fully saturated rings. The van der Waals surface area contributed by atoms with E-state index in [2.05, 4.69) is 16.0 Å². The van der Waals surface area contributed by atoms with Crippen molar-refractivity contribution in [2.24, 2.45) is 11.7 Å². The number of rotatable bonds is 17. The molecule has 1 unspecified atom stereocenters. The number of nitrogens with one attached hydrogen (secondary N) is 3. The Morgan fingerprint density at radius 3 is 2.12 bits per heavy atom. The molecule has 5 amide bonds. The Kier molecular flexibility index (Phi) is 14.9. The second-order valence-corrected chi connectivity index (χ2v) is 10.7. The van der Waals surface area contributed by atoms with Crippen LogP contribution >= 0.6 is 0 Å². The van der Waals surface area contributed by atoms with Gasteiger partial charge in [-0.15, -0.1) is 0 Å². The highest BCUT2D eigenvalue weighted by molar-refractivity contribution is 5.90. The fraction of sp³-hybridized carbons (Fsp3) is 0.484. The molecule has 2 rings (SSSR count). The van der Waals surface area contributed by atoms with Crippen molar-refractivity contribution in [2.45, 2.75) is 71.2 Å². The van der Waals surface area contributed by atoms with E-state index in [1.54, 1.807) is 24.3 Å². The number of carbonyl (C=O) groups is 4. The number of benzene rings is 2. The molecule has 0 bridgehead atoms. The second kappa shape index (κ2) is 18.3. The predicted octanol–water partition coefficient (Wildman–Crippen LogP) is 2.71. The van der Waals surface area contributed by atoms with Crippen LogP contribution in [0.25, 0.3) is 0 Å². The molecule has 0 aliphatic rings. The van der Waals surface area contributed by atoms with Gasteiger partial charge in [0.1, 0.15) is 12.6 Å². The van der Waals surface area contributed by atoms with Gasteiger partial charge in [0, 0.05) is 13.1 Å². The van der Waals surface area contributed by atoms with Crippen LogP contribution in [0.5, 0.6) is 0 Å². The molecule has 42 heavy (non-hydrogen) atoms. The first kappa shape index (κ1) is 34.1. The molecule has 0 saturated carbocycles. The third-order valence-electron chi connectivity index (χ3n) is 6.40. The van der Waals surface area contributed by atoms with Gasteiger partial charge in [0.15, 0.2) is 0 Å². The molecule has 230 valence electrons. The average Bonchev–Trinajstić information content (AvgIpc) is 2.95. The van der Waals surface area contributed by atoms with Crippen molar-refractivity contribution in [1.29, 1.82) is 0 Å². The number of nitrogens with zero attached hydrogens (tertiary/aromatic N) is 1. The van der Waals surface area contributed by atoms with Gasteiger partial charge in [0.25, 0.3) is 0 Å². The maximum Gasteiger partial charge on any atom is 0.408 e. The molecule has 11 heteroatoms. The van der Waals surface area contributed by atoms with Gasteiger partial charge < -0.3 is 36.4 Å². The summed E-state index contributed by atoms with van der Waals surface area (Å²) in [4.78, 5) is 52.1. The van der Waals surface area contributed by atoms with Crippen LogP contribution in [0.3, 0.4) is 0 Å². The zero-order valence-electron chi connectivity index (χ0n) is 24.8. The number of hydrogen-bond acceptors (Lipinski definition) is 6. The summed E-state index contributed by atoms with van der Waals surface area (Å²) in [5.41, 5.74) is 6.96. The summed E-state index contributed by atoms with van der Waals surface area (Å²) < 4.78 is 5.21. The Labute approximate surface area is 248 Å². The van der Waals surface area contributed by atoms with Gasteiger partial charge in [0.2, 0.25) is 11.8 Å². The molecule has 2 aromatic rings. The van der Waals surface area contributed by atoms with Crippen LogP contribution in [0, 0.1) is 5.92 Å². The zero-order chi connectivity index (χ0) is 30.9. The van der Waals surface area contributed by atoms with Crippen molar-refractivity contribution < 1.29 is 29.0 Å². The zero-order valence-corrected chi connectivity index (χ0v) is 24.8. The summed E-state index contributed by atoms with van der Waals surface area (Å²) >= 11 is 0. The lowest BCUT2D eigenvalue weighted by Crippen LogP contribution is -2.57. The normalized spacial score (nSPS) is 13.0. The minimum Gasteiger partial charge on any atom is -0.445 e. The minimum absolute atomic E-state index is 0.0288. The Hall–Kier alpha value is -4.12. The fourth-order valence-corrected chi connectivity index (χ4v) is 4.27. The van der Waals surface area contributed by atoms with E-state index < -0.39 is 42.5 Å². The standard InChI is InChI=1S/C31H45N5O6/c1-4-5-16-33-30(40)36(19-22(2)3)20-27(37)25(17-23-12-8-6-9-13-23)34-29(39)26(18-28(32)38)35-31(41)42-21-24-14-10-7-11-15-24/h6-15,22,25-27,37H,4-5,16-21H2,1-3H3,(H2,32,38)(H,33,40)(H,34,39)(H,35,41)/t25-,26-,27?/m0/s1. The quantitative estimate of drug-likeness (QED) is 0.180. The molecule has 3 atom stereocenters. The Morgan fingerprint density at radius 1 is 0.929 bits per heavy atom. The highest BCUT2D eigenvalue weighted by atomic mass is 16.5. The van der Waals surface area contributed by atoms with Crippen molar-refractivity contribution in [3.8, 4) is 0 Å². The summed E-state index contributed by atoms with van der Waals surface area (Å²) in [6, 6.07) is 15.8. The number of carbonyl (C=O) groups excluding carboxylic acids is 4. The van der Waals surface area contributed by atoms with Crippen molar-refractivity contribution in [3.05, 3.63) is 71.8 Å². The van der Waals surface area contributed by atoms with E-state index in [1.807, 2.05) is 57.2 Å². The van der Waals surface area contributed by atoms with Crippen molar-refractivity contribution in [3.63, 3.8) is 0 Å². The van der Waals surface area contributed by atoms with Crippen molar-refractivity contribution >= 4 is 23.9 Å². The Bertz CT molecular complexity index is 1120. The van der Waals surface area contributed by atoms with Gasteiger partial charge in [-0.2, -0.15) is 0 Å². The average molecular weight is 584 g/mol. The summed E-state index contributed by atoms with van der Waals surface area (Å²) in [5, 5.41) is 19.4. The SMILES string of the molecule is CCCCNC(=O)N(CC(C)C)CC(O)[C@H](Cc1ccccc1)NC(=O)[C@H](CC(N)=O)NC(=O)OCc1ccccc1. The van der Waals surface area contributed by atoms with Crippen LogP contribution in [-0.2, 0) is 27.4 Å². The third kappa shape index (κ3) is 13.0. The lowest BCUT2D eigenvalue weighted by Gasteiger charge is -2.32. The van der Waals surface area contributed by atoms with E-state index in [1.165, 1.54) is 4.90 Å². The molecule has 6 N–H and O–H groups in total. The first-order valence-corrected chi connectivity index (χ1v) is 14.4. The monoisotopic (exact) mass is 583 g/mol. The number of nitrogens with two attached hydrogens (primary N) is 1. The first-order chi connectivity index (χ1) is 20.1. The number of hydrogen-bond donors (Lipinski definition) is 5. The molecule has 0 aliphatic carbocycles. The van der Waals surface area contributed by atoms with E-state index in [-0.39, 0.29) is 31.5 Å². The first-order valence-electron chi connectivity index (χ1n) is 14.4. The number of ether oxygens (including phenoxy) is 1. The smallest absolute Gasteiger partial charge is 0.408 e. The van der Waals surface area contributed by atoms with E-state index in [9.17, 15) is 24.3 Å². The maximum atomic E-state index is 13.4. The van der Waals surface area contributed by atoms with Crippen LogP contribution in [0.4, 0.5) is 9.59 Å². The van der Waals surface area contributed by atoms with E-state index >= 15 is 0 Å². The predicted molar refractivity (Wildman–Crippen MR) is 160 cm³/mol.